The third-order valence-corrected chi connectivity index (χ3v) is 4.97. The zero-order valence-electron chi connectivity index (χ0n) is 11.3. The number of carbonyl (C=O) groups is 1. The normalized spacial score (nSPS) is 22.9. The van der Waals surface area contributed by atoms with Crippen LogP contribution >= 0.6 is 28.3 Å². The van der Waals surface area contributed by atoms with E-state index in [0.717, 1.165) is 43.2 Å². The molecule has 0 radical (unpaired) electrons. The maximum atomic E-state index is 12.1. The summed E-state index contributed by atoms with van der Waals surface area (Å²) in [6.45, 7) is 1.72. The molecule has 110 valence electrons. The van der Waals surface area contributed by atoms with E-state index >= 15 is 0 Å². The van der Waals surface area contributed by atoms with Crippen molar-refractivity contribution in [2.45, 2.75) is 37.1 Å². The summed E-state index contributed by atoms with van der Waals surface area (Å²) in [5, 5.41) is 6.37. The molecule has 0 bridgehead atoms. The molecule has 1 saturated carbocycles. The number of carbonyl (C=O) groups excluding carboxylic acids is 1. The number of hydrogen-bond donors (Lipinski definition) is 2. The first-order valence-electron chi connectivity index (χ1n) is 6.97. The first kappa shape index (κ1) is 15.8. The Hall–Kier alpha value is -0.580. The Morgan fingerprint density at radius 1 is 1.40 bits per heavy atom. The maximum Gasteiger partial charge on any atom is 0.237 e. The van der Waals surface area contributed by atoms with Crippen molar-refractivity contribution in [1.29, 1.82) is 0 Å². The first-order chi connectivity index (χ1) is 9.21. The summed E-state index contributed by atoms with van der Waals surface area (Å²) >= 11 is 3.62. The van der Waals surface area contributed by atoms with Gasteiger partial charge in [-0.25, -0.2) is 0 Å². The van der Waals surface area contributed by atoms with E-state index in [4.69, 9.17) is 0 Å². The van der Waals surface area contributed by atoms with E-state index < -0.39 is 0 Å². The molecule has 2 aliphatic rings. The fourth-order valence-electron chi connectivity index (χ4n) is 2.87. The van der Waals surface area contributed by atoms with E-state index in [1.54, 1.807) is 0 Å². The topological polar surface area (TPSA) is 41.1 Å². The van der Waals surface area contributed by atoms with Gasteiger partial charge in [-0.15, -0.1) is 12.4 Å². The fourth-order valence-corrected chi connectivity index (χ4v) is 3.58. The molecule has 2 fully saturated rings. The van der Waals surface area contributed by atoms with E-state index in [0.29, 0.717) is 0 Å². The van der Waals surface area contributed by atoms with Crippen LogP contribution in [0.4, 0.5) is 0 Å². The number of halogens is 2. The summed E-state index contributed by atoms with van der Waals surface area (Å²) in [7, 11) is 0. The molecule has 3 rings (SSSR count). The quantitative estimate of drug-likeness (QED) is 0.868. The molecule has 1 aliphatic heterocycles. The molecule has 2 N–H and O–H groups in total. The second-order valence-corrected chi connectivity index (χ2v) is 6.48. The van der Waals surface area contributed by atoms with Gasteiger partial charge in [0, 0.05) is 16.4 Å². The van der Waals surface area contributed by atoms with E-state index in [-0.39, 0.29) is 29.8 Å². The second-order valence-electron chi connectivity index (χ2n) is 5.63. The molecule has 1 aliphatic carbocycles. The van der Waals surface area contributed by atoms with Crippen LogP contribution in [-0.4, -0.2) is 25.0 Å². The highest BCUT2D eigenvalue weighted by atomic mass is 79.9. The van der Waals surface area contributed by atoms with Gasteiger partial charge in [-0.1, -0.05) is 34.1 Å². The lowest BCUT2D eigenvalue weighted by Crippen LogP contribution is -2.43. The van der Waals surface area contributed by atoms with Crippen LogP contribution in [0.25, 0.3) is 0 Å². The van der Waals surface area contributed by atoms with E-state index in [1.165, 1.54) is 5.56 Å². The van der Waals surface area contributed by atoms with Gasteiger partial charge in [0.15, 0.2) is 0 Å². The SMILES string of the molecule is Cl.O=C(NCC1(c2ccccc2Br)CC1)C1CCCN1. The number of hydrogen-bond acceptors (Lipinski definition) is 2. The van der Waals surface area contributed by atoms with Gasteiger partial charge < -0.3 is 10.6 Å². The summed E-state index contributed by atoms with van der Waals surface area (Å²) in [5.74, 6) is 0.163. The van der Waals surface area contributed by atoms with Crippen molar-refractivity contribution < 1.29 is 4.79 Å². The highest BCUT2D eigenvalue weighted by Gasteiger charge is 2.45. The molecule has 1 aromatic carbocycles. The minimum Gasteiger partial charge on any atom is -0.354 e. The van der Waals surface area contributed by atoms with Crippen LogP contribution in [0.1, 0.15) is 31.2 Å². The first-order valence-corrected chi connectivity index (χ1v) is 7.77. The molecule has 5 heteroatoms. The van der Waals surface area contributed by atoms with Crippen molar-refractivity contribution in [2.75, 3.05) is 13.1 Å². The monoisotopic (exact) mass is 358 g/mol. The third-order valence-electron chi connectivity index (χ3n) is 4.28. The predicted molar refractivity (Wildman–Crippen MR) is 86.3 cm³/mol. The standard InChI is InChI=1S/C15H19BrN2O.ClH/c16-12-5-2-1-4-11(12)15(7-8-15)10-18-14(19)13-6-3-9-17-13;/h1-2,4-5,13,17H,3,6-10H2,(H,18,19);1H. The van der Waals surface area contributed by atoms with Crippen molar-refractivity contribution >= 4 is 34.2 Å². The Labute approximate surface area is 134 Å². The van der Waals surface area contributed by atoms with Crippen LogP contribution in [0.15, 0.2) is 28.7 Å². The average Bonchev–Trinajstić information content (AvgIpc) is 3.00. The van der Waals surface area contributed by atoms with Crippen molar-refractivity contribution in [3.05, 3.63) is 34.3 Å². The van der Waals surface area contributed by atoms with Gasteiger partial charge in [0.05, 0.1) is 6.04 Å². The van der Waals surface area contributed by atoms with Crippen LogP contribution < -0.4 is 10.6 Å². The smallest absolute Gasteiger partial charge is 0.237 e. The minimum atomic E-state index is 0. The van der Waals surface area contributed by atoms with Gasteiger partial charge in [0.25, 0.3) is 0 Å². The Morgan fingerprint density at radius 2 is 2.15 bits per heavy atom. The molecule has 1 unspecified atom stereocenters. The van der Waals surface area contributed by atoms with Crippen LogP contribution in [-0.2, 0) is 10.2 Å². The maximum absolute atomic E-state index is 12.1. The van der Waals surface area contributed by atoms with Crippen LogP contribution in [0, 0.1) is 0 Å². The lowest BCUT2D eigenvalue weighted by Gasteiger charge is -2.19. The molecular formula is C15H20BrClN2O. The van der Waals surface area contributed by atoms with Gasteiger partial charge in [-0.3, -0.25) is 4.79 Å². The summed E-state index contributed by atoms with van der Waals surface area (Å²) in [5.41, 5.74) is 1.49. The van der Waals surface area contributed by atoms with Crippen LogP contribution in [0.3, 0.4) is 0 Å². The second kappa shape index (κ2) is 6.46. The number of rotatable bonds is 4. The molecule has 1 atom stereocenters. The molecule has 0 aromatic heterocycles. The fraction of sp³-hybridized carbons (Fsp3) is 0.533. The largest absolute Gasteiger partial charge is 0.354 e. The molecule has 0 spiro atoms. The number of nitrogens with one attached hydrogen (secondary N) is 2. The van der Waals surface area contributed by atoms with Crippen molar-refractivity contribution in [1.82, 2.24) is 10.6 Å². The summed E-state index contributed by atoms with van der Waals surface area (Å²) in [6, 6.07) is 8.37. The van der Waals surface area contributed by atoms with Gasteiger partial charge in [-0.05, 0) is 43.9 Å². The minimum absolute atomic E-state index is 0. The summed E-state index contributed by atoms with van der Waals surface area (Å²) in [6.07, 6.45) is 4.39. The highest BCUT2D eigenvalue weighted by molar-refractivity contribution is 9.10. The highest BCUT2D eigenvalue weighted by Crippen LogP contribution is 2.49. The lowest BCUT2D eigenvalue weighted by molar-refractivity contribution is -0.122. The molecule has 1 saturated heterocycles. The van der Waals surface area contributed by atoms with Crippen LogP contribution in [0.5, 0.6) is 0 Å². The van der Waals surface area contributed by atoms with E-state index in [2.05, 4.69) is 44.8 Å². The van der Waals surface area contributed by atoms with Crippen molar-refractivity contribution in [2.24, 2.45) is 0 Å². The Morgan fingerprint density at radius 3 is 2.75 bits per heavy atom. The van der Waals surface area contributed by atoms with Crippen molar-refractivity contribution in [3.63, 3.8) is 0 Å². The van der Waals surface area contributed by atoms with Gasteiger partial charge in [-0.2, -0.15) is 0 Å². The average molecular weight is 360 g/mol. The number of benzene rings is 1. The third kappa shape index (κ3) is 3.18. The number of amides is 1. The van der Waals surface area contributed by atoms with E-state index in [9.17, 15) is 4.79 Å². The van der Waals surface area contributed by atoms with Crippen molar-refractivity contribution in [3.8, 4) is 0 Å². The lowest BCUT2D eigenvalue weighted by atomic mass is 9.96. The summed E-state index contributed by atoms with van der Waals surface area (Å²) < 4.78 is 1.15. The van der Waals surface area contributed by atoms with Gasteiger partial charge >= 0.3 is 0 Å². The molecule has 1 aromatic rings. The van der Waals surface area contributed by atoms with Gasteiger partial charge in [0.1, 0.15) is 0 Å². The van der Waals surface area contributed by atoms with Crippen LogP contribution in [0.2, 0.25) is 0 Å². The van der Waals surface area contributed by atoms with Gasteiger partial charge in [0.2, 0.25) is 5.91 Å². The molecular weight excluding hydrogens is 340 g/mol. The van der Waals surface area contributed by atoms with E-state index in [1.807, 2.05) is 6.07 Å². The zero-order chi connectivity index (χ0) is 13.3. The summed E-state index contributed by atoms with van der Waals surface area (Å²) in [4.78, 5) is 12.1. The Balaban J connectivity index is 0.00000147. The molecule has 1 amide bonds. The molecule has 1 heterocycles. The zero-order valence-corrected chi connectivity index (χ0v) is 13.7. The predicted octanol–water partition coefficient (Wildman–Crippen LogP) is 2.77. The Kier molecular flexibility index (Phi) is 5.10. The Bertz CT molecular complexity index is 485. The molecule has 20 heavy (non-hydrogen) atoms. The molecule has 3 nitrogen and oxygen atoms in total.